The Morgan fingerprint density at radius 3 is 2.17 bits per heavy atom. The first-order valence-electron chi connectivity index (χ1n) is 7.14. The van der Waals surface area contributed by atoms with Crippen LogP contribution in [0.4, 0.5) is 5.69 Å². The van der Waals surface area contributed by atoms with E-state index in [0.29, 0.717) is 0 Å². The maximum atomic E-state index is 5.66. The highest BCUT2D eigenvalue weighted by Gasteiger charge is 2.20. The fourth-order valence-corrected chi connectivity index (χ4v) is 3.35. The number of nitrogens with zero attached hydrogens (tertiary/aromatic N) is 1. The molecule has 100 valence electrons. The minimum atomic E-state index is 0.841. The fraction of sp³-hybridized carbons (Fsp3) is 0.625. The standard InChI is InChI=1S/C16H26N2/c1-12-10-13(2)16(14(3)11-12)18-8-5-15(4-7-17)6-9-18/h10-11,15H,4-9,17H2,1-3H3. The van der Waals surface area contributed by atoms with E-state index in [1.807, 2.05) is 0 Å². The average Bonchev–Trinajstić information content (AvgIpc) is 2.30. The summed E-state index contributed by atoms with van der Waals surface area (Å²) in [5, 5.41) is 0. The molecular weight excluding hydrogens is 220 g/mol. The van der Waals surface area contributed by atoms with Crippen LogP contribution in [-0.2, 0) is 0 Å². The lowest BCUT2D eigenvalue weighted by Gasteiger charge is -2.35. The van der Waals surface area contributed by atoms with Gasteiger partial charge in [-0.25, -0.2) is 0 Å². The Hall–Kier alpha value is -1.02. The number of nitrogens with two attached hydrogens (primary N) is 1. The predicted molar refractivity (Wildman–Crippen MR) is 79.3 cm³/mol. The number of anilines is 1. The van der Waals surface area contributed by atoms with Crippen molar-refractivity contribution in [3.8, 4) is 0 Å². The Kier molecular flexibility index (Phi) is 4.28. The Bertz CT molecular complexity index is 381. The van der Waals surface area contributed by atoms with Gasteiger partial charge in [-0.1, -0.05) is 17.7 Å². The first kappa shape index (κ1) is 13.4. The average molecular weight is 246 g/mol. The van der Waals surface area contributed by atoms with Gasteiger partial charge in [-0.3, -0.25) is 0 Å². The molecule has 0 amide bonds. The monoisotopic (exact) mass is 246 g/mol. The Labute approximate surface area is 111 Å². The van der Waals surface area contributed by atoms with Gasteiger partial charge >= 0.3 is 0 Å². The Balaban J connectivity index is 2.10. The van der Waals surface area contributed by atoms with E-state index in [0.717, 1.165) is 12.5 Å². The third-order valence-electron chi connectivity index (χ3n) is 4.14. The van der Waals surface area contributed by atoms with E-state index in [1.54, 1.807) is 0 Å². The normalized spacial score (nSPS) is 17.2. The van der Waals surface area contributed by atoms with Crippen LogP contribution in [0.5, 0.6) is 0 Å². The number of piperidine rings is 1. The summed E-state index contributed by atoms with van der Waals surface area (Å²) in [4.78, 5) is 2.57. The zero-order chi connectivity index (χ0) is 13.1. The molecule has 1 aliphatic rings. The predicted octanol–water partition coefficient (Wildman–Crippen LogP) is 3.18. The minimum absolute atomic E-state index is 0.841. The zero-order valence-corrected chi connectivity index (χ0v) is 12.0. The quantitative estimate of drug-likeness (QED) is 0.887. The van der Waals surface area contributed by atoms with E-state index >= 15 is 0 Å². The van der Waals surface area contributed by atoms with Gasteiger partial charge in [0.25, 0.3) is 0 Å². The first-order valence-corrected chi connectivity index (χ1v) is 7.14. The number of hydrogen-bond acceptors (Lipinski definition) is 2. The van der Waals surface area contributed by atoms with Crippen LogP contribution in [0.15, 0.2) is 12.1 Å². The Morgan fingerprint density at radius 2 is 1.67 bits per heavy atom. The van der Waals surface area contributed by atoms with Crippen molar-refractivity contribution in [2.45, 2.75) is 40.0 Å². The topological polar surface area (TPSA) is 29.3 Å². The van der Waals surface area contributed by atoms with E-state index < -0.39 is 0 Å². The zero-order valence-electron chi connectivity index (χ0n) is 12.0. The summed E-state index contributed by atoms with van der Waals surface area (Å²) < 4.78 is 0. The van der Waals surface area contributed by atoms with Crippen molar-refractivity contribution in [1.82, 2.24) is 0 Å². The second kappa shape index (κ2) is 5.75. The summed E-state index contributed by atoms with van der Waals surface area (Å²) in [5.74, 6) is 0.845. The lowest BCUT2D eigenvalue weighted by molar-refractivity contribution is 0.386. The number of aryl methyl sites for hydroxylation is 3. The van der Waals surface area contributed by atoms with Gasteiger partial charge in [0.2, 0.25) is 0 Å². The third-order valence-corrected chi connectivity index (χ3v) is 4.14. The summed E-state index contributed by atoms with van der Waals surface area (Å²) in [6.07, 6.45) is 3.79. The number of hydrogen-bond donors (Lipinski definition) is 1. The molecule has 0 aliphatic carbocycles. The van der Waals surface area contributed by atoms with Crippen molar-refractivity contribution < 1.29 is 0 Å². The lowest BCUT2D eigenvalue weighted by atomic mass is 9.92. The summed E-state index contributed by atoms with van der Waals surface area (Å²) in [5.41, 5.74) is 11.3. The first-order chi connectivity index (χ1) is 8.61. The maximum absolute atomic E-state index is 5.66. The Morgan fingerprint density at radius 1 is 1.11 bits per heavy atom. The van der Waals surface area contributed by atoms with Crippen LogP contribution in [0.2, 0.25) is 0 Å². The molecule has 1 saturated heterocycles. The van der Waals surface area contributed by atoms with Crippen LogP contribution >= 0.6 is 0 Å². The molecule has 2 rings (SSSR count). The molecule has 2 N–H and O–H groups in total. The summed E-state index contributed by atoms with van der Waals surface area (Å²) >= 11 is 0. The molecule has 0 radical (unpaired) electrons. The lowest BCUT2D eigenvalue weighted by Crippen LogP contribution is -2.35. The maximum Gasteiger partial charge on any atom is 0.0425 e. The fourth-order valence-electron chi connectivity index (χ4n) is 3.35. The van der Waals surface area contributed by atoms with Gasteiger partial charge in [0.1, 0.15) is 0 Å². The van der Waals surface area contributed by atoms with Gasteiger partial charge in [-0.15, -0.1) is 0 Å². The van der Waals surface area contributed by atoms with E-state index in [4.69, 9.17) is 5.73 Å². The smallest absolute Gasteiger partial charge is 0.0425 e. The third kappa shape index (κ3) is 2.86. The van der Waals surface area contributed by atoms with Crippen molar-refractivity contribution in [3.63, 3.8) is 0 Å². The summed E-state index contributed by atoms with van der Waals surface area (Å²) in [7, 11) is 0. The van der Waals surface area contributed by atoms with Gasteiger partial charge in [-0.05, 0) is 63.6 Å². The molecule has 0 saturated carbocycles. The number of benzene rings is 1. The van der Waals surface area contributed by atoms with Gasteiger partial charge < -0.3 is 10.6 Å². The molecule has 1 aromatic carbocycles. The molecule has 1 aromatic rings. The van der Waals surface area contributed by atoms with Crippen LogP contribution < -0.4 is 10.6 Å². The second-order valence-electron chi connectivity index (χ2n) is 5.76. The molecule has 0 bridgehead atoms. The SMILES string of the molecule is Cc1cc(C)c(N2CCC(CCN)CC2)c(C)c1. The molecule has 18 heavy (non-hydrogen) atoms. The summed E-state index contributed by atoms with van der Waals surface area (Å²) in [6, 6.07) is 4.60. The molecule has 0 unspecified atom stereocenters. The molecule has 1 heterocycles. The van der Waals surface area contributed by atoms with E-state index in [-0.39, 0.29) is 0 Å². The highest BCUT2D eigenvalue weighted by molar-refractivity contribution is 5.60. The van der Waals surface area contributed by atoms with Gasteiger partial charge in [-0.2, -0.15) is 0 Å². The molecule has 2 heteroatoms. The van der Waals surface area contributed by atoms with E-state index in [1.165, 1.54) is 54.7 Å². The molecule has 0 spiro atoms. The molecular formula is C16H26N2. The van der Waals surface area contributed by atoms with Crippen molar-refractivity contribution in [2.75, 3.05) is 24.5 Å². The van der Waals surface area contributed by atoms with Crippen LogP contribution in [0.3, 0.4) is 0 Å². The van der Waals surface area contributed by atoms with Crippen LogP contribution in [0.25, 0.3) is 0 Å². The van der Waals surface area contributed by atoms with Crippen molar-refractivity contribution in [1.29, 1.82) is 0 Å². The molecule has 0 aromatic heterocycles. The second-order valence-corrected chi connectivity index (χ2v) is 5.76. The van der Waals surface area contributed by atoms with Gasteiger partial charge in [0.05, 0.1) is 0 Å². The van der Waals surface area contributed by atoms with Gasteiger partial charge in [0, 0.05) is 18.8 Å². The van der Waals surface area contributed by atoms with Crippen LogP contribution in [0, 0.1) is 26.7 Å². The van der Waals surface area contributed by atoms with E-state index in [2.05, 4.69) is 37.8 Å². The van der Waals surface area contributed by atoms with Crippen molar-refractivity contribution in [2.24, 2.45) is 11.7 Å². The van der Waals surface area contributed by atoms with Crippen molar-refractivity contribution >= 4 is 5.69 Å². The van der Waals surface area contributed by atoms with Crippen LogP contribution in [0.1, 0.15) is 36.0 Å². The minimum Gasteiger partial charge on any atom is -0.371 e. The van der Waals surface area contributed by atoms with E-state index in [9.17, 15) is 0 Å². The highest BCUT2D eigenvalue weighted by Crippen LogP contribution is 2.30. The molecule has 2 nitrogen and oxygen atoms in total. The molecule has 0 atom stereocenters. The highest BCUT2D eigenvalue weighted by atomic mass is 15.1. The van der Waals surface area contributed by atoms with Gasteiger partial charge in [0.15, 0.2) is 0 Å². The largest absolute Gasteiger partial charge is 0.371 e. The number of rotatable bonds is 3. The molecule has 1 fully saturated rings. The summed E-state index contributed by atoms with van der Waals surface area (Å²) in [6.45, 7) is 9.87. The molecule has 1 aliphatic heterocycles. The van der Waals surface area contributed by atoms with Crippen LogP contribution in [-0.4, -0.2) is 19.6 Å². The van der Waals surface area contributed by atoms with Crippen molar-refractivity contribution in [3.05, 3.63) is 28.8 Å².